The zero-order chi connectivity index (χ0) is 13.6. The highest BCUT2D eigenvalue weighted by molar-refractivity contribution is 9.08. The second-order valence-electron chi connectivity index (χ2n) is 6.16. The van der Waals surface area contributed by atoms with Gasteiger partial charge in [0.1, 0.15) is 0 Å². The average molecular weight is 310 g/mol. The average Bonchev–Trinajstić information content (AvgIpc) is 2.70. The van der Waals surface area contributed by atoms with Gasteiger partial charge in [-0.05, 0) is 22.5 Å². The van der Waals surface area contributed by atoms with E-state index in [0.29, 0.717) is 0 Å². The minimum Gasteiger partial charge on any atom is -0.326 e. The van der Waals surface area contributed by atoms with Crippen molar-refractivity contribution >= 4 is 27.5 Å². The molecule has 2 nitrogen and oxygen atoms in total. The molecule has 0 spiro atoms. The quantitative estimate of drug-likeness (QED) is 0.833. The van der Waals surface area contributed by atoms with Crippen LogP contribution in [0, 0.1) is 16.7 Å². The first-order valence-electron chi connectivity index (χ1n) is 6.27. The van der Waals surface area contributed by atoms with Crippen molar-refractivity contribution in [3.63, 3.8) is 0 Å². The maximum Gasteiger partial charge on any atom is 0.228 e. The van der Waals surface area contributed by atoms with Crippen molar-refractivity contribution in [1.82, 2.24) is 0 Å². The van der Waals surface area contributed by atoms with E-state index in [1.807, 2.05) is 24.3 Å². The number of anilines is 1. The molecule has 98 valence electrons. The van der Waals surface area contributed by atoms with Crippen molar-refractivity contribution in [2.75, 3.05) is 5.32 Å². The number of nitrogens with one attached hydrogen (secondary N) is 1. The summed E-state index contributed by atoms with van der Waals surface area (Å²) >= 11 is 3.44. The molecule has 1 aliphatic rings. The van der Waals surface area contributed by atoms with Gasteiger partial charge < -0.3 is 5.32 Å². The second kappa shape index (κ2) is 4.37. The Labute approximate surface area is 117 Å². The first-order chi connectivity index (χ1) is 8.32. The third-order valence-corrected chi connectivity index (χ3v) is 5.31. The zero-order valence-electron chi connectivity index (χ0n) is 11.4. The number of amides is 1. The maximum atomic E-state index is 12.3. The SMILES string of the molecule is CC1(C)C(C(=O)Nc2ccccc2CBr)C1(C)C. The molecule has 0 saturated heterocycles. The second-order valence-corrected chi connectivity index (χ2v) is 6.72. The fourth-order valence-corrected chi connectivity index (χ4v) is 3.30. The monoisotopic (exact) mass is 309 g/mol. The molecule has 3 heteroatoms. The Morgan fingerprint density at radius 2 is 1.78 bits per heavy atom. The van der Waals surface area contributed by atoms with Gasteiger partial charge in [-0.15, -0.1) is 0 Å². The Morgan fingerprint density at radius 1 is 1.22 bits per heavy atom. The molecule has 1 saturated carbocycles. The van der Waals surface area contributed by atoms with Gasteiger partial charge in [-0.2, -0.15) is 0 Å². The third-order valence-electron chi connectivity index (χ3n) is 4.70. The van der Waals surface area contributed by atoms with Crippen molar-refractivity contribution < 1.29 is 4.79 Å². The summed E-state index contributed by atoms with van der Waals surface area (Å²) in [4.78, 5) is 12.3. The fourth-order valence-electron chi connectivity index (χ4n) is 2.82. The van der Waals surface area contributed by atoms with Gasteiger partial charge in [0.05, 0.1) is 0 Å². The highest BCUT2D eigenvalue weighted by Crippen LogP contribution is 2.68. The Hall–Kier alpha value is -0.830. The summed E-state index contributed by atoms with van der Waals surface area (Å²) in [7, 11) is 0. The summed E-state index contributed by atoms with van der Waals surface area (Å²) in [5.74, 6) is 0.229. The van der Waals surface area contributed by atoms with E-state index in [0.717, 1.165) is 16.6 Å². The molecule has 1 aliphatic carbocycles. The number of hydrogen-bond acceptors (Lipinski definition) is 1. The fraction of sp³-hybridized carbons (Fsp3) is 0.533. The molecule has 1 aromatic rings. The van der Waals surface area contributed by atoms with Crippen LogP contribution in [-0.2, 0) is 10.1 Å². The van der Waals surface area contributed by atoms with E-state index in [4.69, 9.17) is 0 Å². The minimum atomic E-state index is 0.0838. The minimum absolute atomic E-state index is 0.0838. The van der Waals surface area contributed by atoms with Crippen LogP contribution in [0.2, 0.25) is 0 Å². The van der Waals surface area contributed by atoms with Gasteiger partial charge in [0, 0.05) is 16.9 Å². The molecular weight excluding hydrogens is 290 g/mol. The Kier molecular flexibility index (Phi) is 3.30. The van der Waals surface area contributed by atoms with Crippen LogP contribution in [0.4, 0.5) is 5.69 Å². The molecule has 0 bridgehead atoms. The lowest BCUT2D eigenvalue weighted by Gasteiger charge is -2.10. The largest absolute Gasteiger partial charge is 0.326 e. The number of carbonyl (C=O) groups excluding carboxylic acids is 1. The Bertz CT molecular complexity index is 465. The molecule has 0 unspecified atom stereocenters. The van der Waals surface area contributed by atoms with Crippen molar-refractivity contribution in [2.24, 2.45) is 16.7 Å². The van der Waals surface area contributed by atoms with Crippen molar-refractivity contribution in [3.8, 4) is 0 Å². The van der Waals surface area contributed by atoms with E-state index in [1.165, 1.54) is 0 Å². The van der Waals surface area contributed by atoms with Crippen LogP contribution in [0.15, 0.2) is 24.3 Å². The van der Waals surface area contributed by atoms with Crippen LogP contribution in [0.3, 0.4) is 0 Å². The van der Waals surface area contributed by atoms with E-state index < -0.39 is 0 Å². The van der Waals surface area contributed by atoms with Gasteiger partial charge in [-0.1, -0.05) is 61.8 Å². The van der Waals surface area contributed by atoms with Crippen molar-refractivity contribution in [1.29, 1.82) is 0 Å². The van der Waals surface area contributed by atoms with Crippen LogP contribution in [0.1, 0.15) is 33.3 Å². The van der Waals surface area contributed by atoms with Gasteiger partial charge in [0.2, 0.25) is 5.91 Å². The number of hydrogen-bond donors (Lipinski definition) is 1. The molecule has 1 fully saturated rings. The van der Waals surface area contributed by atoms with Crippen LogP contribution < -0.4 is 5.32 Å². The molecule has 0 radical (unpaired) electrons. The number of halogens is 1. The van der Waals surface area contributed by atoms with E-state index in [-0.39, 0.29) is 22.7 Å². The summed E-state index contributed by atoms with van der Waals surface area (Å²) in [6, 6.07) is 7.91. The van der Waals surface area contributed by atoms with Crippen LogP contribution >= 0.6 is 15.9 Å². The van der Waals surface area contributed by atoms with Crippen molar-refractivity contribution in [3.05, 3.63) is 29.8 Å². The number of rotatable bonds is 3. The summed E-state index contributed by atoms with van der Waals surface area (Å²) < 4.78 is 0. The summed E-state index contributed by atoms with van der Waals surface area (Å²) in [5, 5.41) is 3.82. The molecule has 1 N–H and O–H groups in total. The van der Waals surface area contributed by atoms with Gasteiger partial charge in [0.25, 0.3) is 0 Å². The van der Waals surface area contributed by atoms with Gasteiger partial charge >= 0.3 is 0 Å². The van der Waals surface area contributed by atoms with E-state index in [9.17, 15) is 4.79 Å². The first kappa shape index (κ1) is 13.6. The first-order valence-corrected chi connectivity index (χ1v) is 7.39. The van der Waals surface area contributed by atoms with E-state index >= 15 is 0 Å². The summed E-state index contributed by atoms with van der Waals surface area (Å²) in [6.07, 6.45) is 0. The van der Waals surface area contributed by atoms with Crippen LogP contribution in [-0.4, -0.2) is 5.91 Å². The molecule has 0 atom stereocenters. The van der Waals surface area contributed by atoms with Crippen LogP contribution in [0.5, 0.6) is 0 Å². The lowest BCUT2D eigenvalue weighted by Crippen LogP contribution is -2.18. The van der Waals surface area contributed by atoms with Gasteiger partial charge in [-0.25, -0.2) is 0 Å². The lowest BCUT2D eigenvalue weighted by molar-refractivity contribution is -0.118. The van der Waals surface area contributed by atoms with Crippen LogP contribution in [0.25, 0.3) is 0 Å². The normalized spacial score (nSPS) is 20.5. The molecule has 0 aliphatic heterocycles. The molecule has 0 heterocycles. The number of para-hydroxylation sites is 1. The molecule has 18 heavy (non-hydrogen) atoms. The van der Waals surface area contributed by atoms with E-state index in [1.54, 1.807) is 0 Å². The number of alkyl halides is 1. The Morgan fingerprint density at radius 3 is 2.28 bits per heavy atom. The maximum absolute atomic E-state index is 12.3. The van der Waals surface area contributed by atoms with Gasteiger partial charge in [0.15, 0.2) is 0 Å². The lowest BCUT2D eigenvalue weighted by atomic mass is 10.0. The van der Waals surface area contributed by atoms with E-state index in [2.05, 4.69) is 48.9 Å². The zero-order valence-corrected chi connectivity index (χ0v) is 13.0. The number of benzene rings is 1. The third kappa shape index (κ3) is 1.99. The molecule has 1 aromatic carbocycles. The van der Waals surface area contributed by atoms with Gasteiger partial charge in [-0.3, -0.25) is 4.79 Å². The standard InChI is InChI=1S/C15H20BrNO/c1-14(2)12(15(14,3)4)13(18)17-11-8-6-5-7-10(11)9-16/h5-8,12H,9H2,1-4H3,(H,17,18). The molecular formula is C15H20BrNO. The predicted octanol–water partition coefficient (Wildman–Crippen LogP) is 4.20. The summed E-state index contributed by atoms with van der Waals surface area (Å²) in [5.41, 5.74) is 2.20. The highest BCUT2D eigenvalue weighted by Gasteiger charge is 2.68. The molecule has 0 aromatic heterocycles. The number of carbonyl (C=O) groups is 1. The Balaban J connectivity index is 2.14. The highest BCUT2D eigenvalue weighted by atomic mass is 79.9. The summed E-state index contributed by atoms with van der Waals surface area (Å²) in [6.45, 7) is 8.64. The molecule has 2 rings (SSSR count). The topological polar surface area (TPSA) is 29.1 Å². The van der Waals surface area contributed by atoms with Crippen molar-refractivity contribution in [2.45, 2.75) is 33.0 Å². The smallest absolute Gasteiger partial charge is 0.228 e. The molecule has 1 amide bonds. The predicted molar refractivity (Wildman–Crippen MR) is 78.8 cm³/mol.